The van der Waals surface area contributed by atoms with Crippen LogP contribution >= 0.6 is 0 Å². The number of epoxide rings is 1. The predicted octanol–water partition coefficient (Wildman–Crippen LogP) is -0.376. The van der Waals surface area contributed by atoms with Crippen molar-refractivity contribution in [2.75, 3.05) is 12.3 Å². The van der Waals surface area contributed by atoms with Crippen molar-refractivity contribution in [1.29, 1.82) is 5.53 Å². The Kier molecular flexibility index (Phi) is 2.30. The summed E-state index contributed by atoms with van der Waals surface area (Å²) in [4.78, 5) is 15.3. The summed E-state index contributed by atoms with van der Waals surface area (Å²) >= 11 is 0. The van der Waals surface area contributed by atoms with Gasteiger partial charge < -0.3 is 15.2 Å². The van der Waals surface area contributed by atoms with Crippen LogP contribution in [0.15, 0.2) is 17.8 Å². The van der Waals surface area contributed by atoms with E-state index in [-0.39, 0.29) is 24.5 Å². The minimum atomic E-state index is -0.315. The lowest BCUT2D eigenvalue weighted by molar-refractivity contribution is -0.0610. The van der Waals surface area contributed by atoms with Gasteiger partial charge in [-0.25, -0.2) is 15.0 Å². The van der Waals surface area contributed by atoms with Gasteiger partial charge in [-0.05, 0) is 0 Å². The van der Waals surface area contributed by atoms with Crippen molar-refractivity contribution < 1.29 is 9.47 Å². The van der Waals surface area contributed by atoms with Crippen LogP contribution in [-0.2, 0) is 9.47 Å². The number of aromatic nitrogens is 4. The van der Waals surface area contributed by atoms with Gasteiger partial charge in [-0.3, -0.25) is 4.57 Å². The fourth-order valence-corrected chi connectivity index (χ4v) is 2.55. The third-order valence-electron chi connectivity index (χ3n) is 3.52. The van der Waals surface area contributed by atoms with Gasteiger partial charge in [0.25, 0.3) is 0 Å². The van der Waals surface area contributed by atoms with Crippen LogP contribution in [0, 0.1) is 5.53 Å². The highest BCUT2D eigenvalue weighted by molar-refractivity contribution is 5.81. The van der Waals surface area contributed by atoms with Crippen molar-refractivity contribution in [2.45, 2.75) is 24.5 Å². The van der Waals surface area contributed by atoms with E-state index in [1.807, 2.05) is 0 Å². The molecule has 2 aromatic rings. The average Bonchev–Trinajstić information content (AvgIpc) is 2.99. The molecule has 10 nitrogen and oxygen atoms in total. The van der Waals surface area contributed by atoms with E-state index in [1.165, 1.54) is 6.33 Å². The molecule has 20 heavy (non-hydrogen) atoms. The first-order valence-electron chi connectivity index (χ1n) is 6.06. The zero-order valence-corrected chi connectivity index (χ0v) is 10.2. The van der Waals surface area contributed by atoms with Crippen LogP contribution in [0.1, 0.15) is 6.23 Å². The second-order valence-electron chi connectivity index (χ2n) is 4.64. The van der Waals surface area contributed by atoms with Gasteiger partial charge in [-0.2, -0.15) is 0 Å². The number of nitrogens with one attached hydrogen (secondary N) is 1. The van der Waals surface area contributed by atoms with Gasteiger partial charge in [0.1, 0.15) is 40.8 Å². The molecule has 10 heteroatoms. The summed E-state index contributed by atoms with van der Waals surface area (Å²) in [6.45, 7) is 0.310. The fourth-order valence-electron chi connectivity index (χ4n) is 2.55. The van der Waals surface area contributed by atoms with E-state index in [0.29, 0.717) is 23.5 Å². The average molecular weight is 275 g/mol. The molecule has 0 bridgehead atoms. The normalized spacial score (nSPS) is 31.0. The lowest BCUT2D eigenvalue weighted by Gasteiger charge is -2.16. The molecule has 4 rings (SSSR count). The molecule has 2 aromatic heterocycles. The smallest absolute Gasteiger partial charge is 0.214 e. The zero-order chi connectivity index (χ0) is 13.7. The lowest BCUT2D eigenvalue weighted by Crippen LogP contribution is -2.21. The number of nitrogens with zero attached hydrogens (tertiary/aromatic N) is 6. The Morgan fingerprint density at radius 3 is 3.10 bits per heavy atom. The maximum absolute atomic E-state index is 6.68. The summed E-state index contributed by atoms with van der Waals surface area (Å²) in [5.74, 6) is 0.333. The Bertz CT molecular complexity index is 723. The van der Waals surface area contributed by atoms with Gasteiger partial charge in [-0.1, -0.05) is 0 Å². The third kappa shape index (κ3) is 1.53. The summed E-state index contributed by atoms with van der Waals surface area (Å²) in [6.07, 6.45) is 2.44. The number of nitrogen functional groups attached to an aromatic ring is 1. The van der Waals surface area contributed by atoms with Crippen molar-refractivity contribution in [2.24, 2.45) is 5.11 Å². The molecule has 2 aliphatic rings. The van der Waals surface area contributed by atoms with E-state index in [4.69, 9.17) is 20.7 Å². The molecule has 102 valence electrons. The third-order valence-corrected chi connectivity index (χ3v) is 3.52. The van der Waals surface area contributed by atoms with Crippen molar-refractivity contribution in [3.05, 3.63) is 12.7 Å². The number of hydrogen-bond donors (Lipinski definition) is 2. The number of imidazole rings is 1. The Balaban J connectivity index is 1.68. The summed E-state index contributed by atoms with van der Waals surface area (Å²) in [7, 11) is 0. The van der Waals surface area contributed by atoms with E-state index in [0.717, 1.165) is 0 Å². The predicted molar refractivity (Wildman–Crippen MR) is 64.5 cm³/mol. The molecular formula is C10H11N8O2+. The largest absolute Gasteiger partial charge is 0.382 e. The number of rotatable bonds is 3. The number of nitrogens with two attached hydrogens (primary N) is 1. The Labute approximate surface area is 112 Å². The highest BCUT2D eigenvalue weighted by atomic mass is 16.7. The zero-order valence-electron chi connectivity index (χ0n) is 10.2. The SMILES string of the molecule is N=[N+]=NCC1OC(n2cnc3c(N)ncnc32)C2OC12. The number of anilines is 1. The minimum absolute atomic E-state index is 0.0119. The molecule has 0 aromatic carbocycles. The molecule has 0 saturated carbocycles. The maximum Gasteiger partial charge on any atom is 0.214 e. The monoisotopic (exact) mass is 275 g/mol. The molecule has 0 aliphatic carbocycles. The van der Waals surface area contributed by atoms with Crippen LogP contribution < -0.4 is 10.6 Å². The summed E-state index contributed by atoms with van der Waals surface area (Å²) in [6, 6.07) is 0. The van der Waals surface area contributed by atoms with Gasteiger partial charge in [0, 0.05) is 0 Å². The first-order valence-corrected chi connectivity index (χ1v) is 6.06. The van der Waals surface area contributed by atoms with Gasteiger partial charge >= 0.3 is 0 Å². The standard InChI is InChI=1S/C10H11N8O2/c11-8-5-9(14-2-13-8)18(3-15-5)10-7-6(20-7)4(19-10)1-16-17-12/h2-4,6-7,10,12H,1H2,(H2,11,13,14)/q+1. The highest BCUT2D eigenvalue weighted by Gasteiger charge is 2.59. The quantitative estimate of drug-likeness (QED) is 0.444. The first kappa shape index (κ1) is 11.4. The molecule has 4 atom stereocenters. The van der Waals surface area contributed by atoms with Crippen molar-refractivity contribution in [1.82, 2.24) is 24.4 Å². The van der Waals surface area contributed by atoms with Crippen molar-refractivity contribution >= 4 is 17.0 Å². The van der Waals surface area contributed by atoms with Gasteiger partial charge in [0.05, 0.1) is 6.33 Å². The van der Waals surface area contributed by atoms with Crippen LogP contribution in [0.4, 0.5) is 5.82 Å². The molecule has 3 N–H and O–H groups in total. The molecule has 4 heterocycles. The molecule has 0 amide bonds. The molecule has 2 aliphatic heterocycles. The second kappa shape index (κ2) is 4.04. The number of ether oxygens (including phenoxy) is 2. The summed E-state index contributed by atoms with van der Waals surface area (Å²) in [5.41, 5.74) is 13.6. The van der Waals surface area contributed by atoms with Crippen molar-refractivity contribution in [3.8, 4) is 0 Å². The fraction of sp³-hybridized carbons (Fsp3) is 0.500. The van der Waals surface area contributed by atoms with E-state index in [9.17, 15) is 0 Å². The minimum Gasteiger partial charge on any atom is -0.382 e. The van der Waals surface area contributed by atoms with Crippen LogP contribution in [0.2, 0.25) is 0 Å². The van der Waals surface area contributed by atoms with Gasteiger partial charge in [0.2, 0.25) is 4.91 Å². The Hall–Kier alpha value is -2.42. The van der Waals surface area contributed by atoms with Crippen molar-refractivity contribution in [3.63, 3.8) is 0 Å². The van der Waals surface area contributed by atoms with Crippen LogP contribution in [-0.4, -0.2) is 44.4 Å². The van der Waals surface area contributed by atoms with Gasteiger partial charge in [0.15, 0.2) is 24.2 Å². The first-order chi connectivity index (χ1) is 9.79. The molecule has 0 spiro atoms. The molecule has 2 saturated heterocycles. The van der Waals surface area contributed by atoms with E-state index in [2.05, 4.69) is 25.0 Å². The lowest BCUT2D eigenvalue weighted by atomic mass is 10.2. The van der Waals surface area contributed by atoms with Crippen LogP contribution in [0.3, 0.4) is 0 Å². The topological polar surface area (TPSA) is 142 Å². The van der Waals surface area contributed by atoms with E-state index >= 15 is 0 Å². The summed E-state index contributed by atoms with van der Waals surface area (Å²) < 4.78 is 13.2. The van der Waals surface area contributed by atoms with Crippen LogP contribution in [0.25, 0.3) is 11.2 Å². The Morgan fingerprint density at radius 1 is 1.35 bits per heavy atom. The van der Waals surface area contributed by atoms with Gasteiger partial charge in [-0.15, -0.1) is 0 Å². The highest BCUT2D eigenvalue weighted by Crippen LogP contribution is 2.45. The number of fused-ring (bicyclic) bond motifs is 2. The second-order valence-corrected chi connectivity index (χ2v) is 4.64. The van der Waals surface area contributed by atoms with E-state index < -0.39 is 0 Å². The molecule has 2 fully saturated rings. The van der Waals surface area contributed by atoms with E-state index in [1.54, 1.807) is 10.9 Å². The molecule has 4 unspecified atom stereocenters. The molecular weight excluding hydrogens is 264 g/mol. The maximum atomic E-state index is 6.68. The van der Waals surface area contributed by atoms with Crippen LogP contribution in [0.5, 0.6) is 0 Å². The number of hydrogen-bond acceptors (Lipinski definition) is 8. The summed E-state index contributed by atoms with van der Waals surface area (Å²) in [5, 5.41) is 3.64. The molecule has 0 radical (unpaired) electrons. The Morgan fingerprint density at radius 2 is 2.25 bits per heavy atom.